The third-order valence-corrected chi connectivity index (χ3v) is 16.5. The van der Waals surface area contributed by atoms with E-state index in [1.807, 2.05) is 0 Å². The topological polar surface area (TPSA) is 698 Å². The van der Waals surface area contributed by atoms with Gasteiger partial charge in [-0.3, -0.25) is 76.7 Å². The van der Waals surface area contributed by atoms with Gasteiger partial charge in [-0.05, 0) is 108 Å². The number of phenolic OH excluding ortho intramolecular Hbond substituents is 1. The Kier molecular flexibility index (Phi) is 41.0. The second kappa shape index (κ2) is 47.5. The number of amides is 15. The maximum absolute atomic E-state index is 14.3. The normalized spacial score (nSPS) is 15.5. The molecule has 0 fully saturated rings. The Morgan fingerprint density at radius 1 is 0.389 bits per heavy atom. The molecule has 41 heteroatoms. The molecule has 16 atom stereocenters. The number of phenols is 1. The highest BCUT2D eigenvalue weighted by molar-refractivity contribution is 6.01. The Morgan fingerprint density at radius 2 is 0.769 bits per heavy atom. The number of aromatic hydroxyl groups is 1. The summed E-state index contributed by atoms with van der Waals surface area (Å²) in [7, 11) is 0. The van der Waals surface area contributed by atoms with E-state index in [1.54, 1.807) is 44.2 Å². The van der Waals surface area contributed by atoms with E-state index in [2.05, 4.69) is 69.1 Å². The van der Waals surface area contributed by atoms with Crippen molar-refractivity contribution in [3.8, 4) is 5.75 Å². The van der Waals surface area contributed by atoms with Gasteiger partial charge in [0, 0.05) is 12.8 Å². The van der Waals surface area contributed by atoms with Gasteiger partial charge in [-0.2, -0.15) is 0 Å². The van der Waals surface area contributed by atoms with Gasteiger partial charge in [0.1, 0.15) is 72.2 Å². The number of nitrogens with one attached hydrogen (secondary N) is 13. The number of carbonyl (C=O) groups excluding carboxylic acids is 15. The van der Waals surface area contributed by atoms with E-state index < -0.39 is 236 Å². The van der Waals surface area contributed by atoms with Crippen LogP contribution < -0.4 is 97.8 Å². The number of aliphatic hydroxyl groups is 3. The molecule has 0 spiro atoms. The van der Waals surface area contributed by atoms with Crippen LogP contribution in [0.2, 0.25) is 0 Å². The minimum absolute atomic E-state index is 0.0642. The summed E-state index contributed by atoms with van der Waals surface area (Å²) >= 11 is 0. The van der Waals surface area contributed by atoms with Gasteiger partial charge in [-0.25, -0.2) is 4.79 Å². The molecule has 29 N–H and O–H groups in total. The summed E-state index contributed by atoms with van der Waals surface area (Å²) in [5, 5.41) is 90.7. The molecule has 41 nitrogen and oxygen atoms in total. The first-order valence-corrected chi connectivity index (χ1v) is 34.6. The highest BCUT2D eigenvalue weighted by Crippen LogP contribution is 2.15. The molecule has 600 valence electrons. The van der Waals surface area contributed by atoms with Crippen LogP contribution in [-0.2, 0) is 94.3 Å². The summed E-state index contributed by atoms with van der Waals surface area (Å²) < 4.78 is 0. The van der Waals surface area contributed by atoms with E-state index >= 15 is 0 Å². The summed E-state index contributed by atoms with van der Waals surface area (Å²) in [6.07, 6.45) is -8.05. The van der Waals surface area contributed by atoms with Crippen molar-refractivity contribution in [3.63, 3.8) is 0 Å². The van der Waals surface area contributed by atoms with E-state index in [9.17, 15) is 112 Å². The standard InChI is InChI=1S/C67H104N18O23/c1-7-32(2)52(64(104)85-55(36(6)88)67(107)108)82-50(93)31-73-57(97)40(17-11-13-23-68)76-61(101)45(28-48(72)91)79-58(98)41(18-12-14-24-69)77-60(100)44(27-47(71)90)78-56(96)33(3)74-59(99)46(29-51(94)95)81-66(106)54(35(5)87)84-63(103)43(26-38-19-21-39(89)22-20-38)80-65(105)53(34(4)86)83-62(102)42(75-49(92)30-70)25-37-15-9-8-10-16-37/h8-10,15-16,19-22,32-36,40-46,52-55,86-89H,7,11-14,17-18,23-31,68-70H2,1-6H3,(H2,71,90)(H2,72,91)(H,73,97)(H,74,99)(H,75,92)(H,76,101)(H,77,100)(H,78,96)(H,79,98)(H,80,105)(H,81,106)(H,82,93)(H,83,102)(H,84,103)(H,85,104)(H,94,95)(H,107,108)/t32-,33-,34+,35+,36+,40-,41-,42-,43-,44-,45-,46-,52-,53-,54-,55-/m0/s1. The van der Waals surface area contributed by atoms with Gasteiger partial charge in [0.05, 0.1) is 50.7 Å². The smallest absolute Gasteiger partial charge is 0.328 e. The van der Waals surface area contributed by atoms with Crippen molar-refractivity contribution in [2.75, 3.05) is 26.2 Å². The van der Waals surface area contributed by atoms with E-state index in [-0.39, 0.29) is 62.9 Å². The third-order valence-electron chi connectivity index (χ3n) is 16.5. The van der Waals surface area contributed by atoms with Gasteiger partial charge in [0.15, 0.2) is 6.04 Å². The SMILES string of the molecule is CC[C@H](C)[C@H](NC(=O)CNC(=O)[C@H](CCCCN)NC(=O)[C@H](CC(N)=O)NC(=O)[C@H](CCCCN)NC(=O)[C@H](CC(N)=O)NC(=O)[C@H](C)NC(=O)[C@H](CC(=O)O)NC(=O)[C@@H](NC(=O)[C@H](Cc1ccc(O)cc1)NC(=O)[C@@H](NC(=O)[C@H](Cc1ccccc1)NC(=O)CN)[C@@H](C)O)[C@@H](C)O)C(=O)N[C@H](C(=O)O)[C@@H](C)O. The van der Waals surface area contributed by atoms with Gasteiger partial charge in [0.25, 0.3) is 0 Å². The molecule has 0 aliphatic rings. The third kappa shape index (κ3) is 33.6. The number of nitrogens with two attached hydrogens (primary N) is 5. The van der Waals surface area contributed by atoms with Crippen LogP contribution in [0.4, 0.5) is 0 Å². The Labute approximate surface area is 621 Å². The zero-order valence-corrected chi connectivity index (χ0v) is 60.8. The first-order valence-electron chi connectivity index (χ1n) is 34.6. The van der Waals surface area contributed by atoms with Crippen molar-refractivity contribution in [1.29, 1.82) is 0 Å². The second-order valence-corrected chi connectivity index (χ2v) is 25.7. The summed E-state index contributed by atoms with van der Waals surface area (Å²) in [6, 6.07) is -7.58. The largest absolute Gasteiger partial charge is 0.508 e. The Bertz CT molecular complexity index is 3420. The lowest BCUT2D eigenvalue weighted by molar-refractivity contribution is -0.145. The van der Waals surface area contributed by atoms with E-state index in [0.29, 0.717) is 18.4 Å². The van der Waals surface area contributed by atoms with Gasteiger partial charge >= 0.3 is 11.9 Å². The molecule has 0 saturated carbocycles. The molecule has 108 heavy (non-hydrogen) atoms. The fraction of sp³-hybridized carbons (Fsp3) is 0.567. The summed E-state index contributed by atoms with van der Waals surface area (Å²) in [5.74, 6) is -21.2. The number of aliphatic hydroxyl groups excluding tert-OH is 3. The quantitative estimate of drug-likeness (QED) is 0.0274. The lowest BCUT2D eigenvalue weighted by atomic mass is 9.97. The predicted molar refractivity (Wildman–Crippen MR) is 381 cm³/mol. The van der Waals surface area contributed by atoms with Crippen LogP contribution in [0, 0.1) is 5.92 Å². The molecule has 2 rings (SSSR count). The molecule has 0 bridgehead atoms. The lowest BCUT2D eigenvalue weighted by Gasteiger charge is -2.29. The van der Waals surface area contributed by atoms with Crippen LogP contribution in [0.1, 0.15) is 117 Å². The number of carboxylic acids is 2. The molecule has 2 aromatic rings. The number of unbranched alkanes of at least 4 members (excludes halogenated alkanes) is 2. The molecule has 0 aromatic heterocycles. The molecule has 15 amide bonds. The fourth-order valence-electron chi connectivity index (χ4n) is 10.3. The van der Waals surface area contributed by atoms with Gasteiger partial charge in [-0.15, -0.1) is 0 Å². The molecule has 0 aliphatic carbocycles. The lowest BCUT2D eigenvalue weighted by Crippen LogP contribution is -2.63. The number of hydrogen-bond acceptors (Lipinski definition) is 24. The van der Waals surface area contributed by atoms with Crippen molar-refractivity contribution < 1.29 is 112 Å². The van der Waals surface area contributed by atoms with Crippen molar-refractivity contribution in [3.05, 3.63) is 65.7 Å². The fourth-order valence-corrected chi connectivity index (χ4v) is 10.3. The molecule has 0 unspecified atom stereocenters. The van der Waals surface area contributed by atoms with Crippen molar-refractivity contribution in [2.45, 2.75) is 209 Å². The Hall–Kier alpha value is -11.0. The summed E-state index contributed by atoms with van der Waals surface area (Å²) in [4.78, 5) is 227. The molecule has 0 heterocycles. The minimum atomic E-state index is -2.14. The monoisotopic (exact) mass is 1530 g/mol. The zero-order valence-electron chi connectivity index (χ0n) is 60.8. The second-order valence-electron chi connectivity index (χ2n) is 25.7. The highest BCUT2D eigenvalue weighted by Gasteiger charge is 2.39. The molecule has 2 aromatic carbocycles. The number of carbonyl (C=O) groups is 17. The summed E-state index contributed by atoms with van der Waals surface area (Å²) in [5.41, 5.74) is 28.6. The molecular weight excluding hydrogens is 1420 g/mol. The first kappa shape index (κ1) is 93.1. The highest BCUT2D eigenvalue weighted by atomic mass is 16.4. The van der Waals surface area contributed by atoms with E-state index in [1.165, 1.54) is 24.3 Å². The molecule has 0 radical (unpaired) electrons. The maximum Gasteiger partial charge on any atom is 0.328 e. The van der Waals surface area contributed by atoms with Crippen molar-refractivity contribution >= 4 is 101 Å². The molecule has 0 aliphatic heterocycles. The molecule has 0 saturated heterocycles. The van der Waals surface area contributed by atoms with Crippen molar-refractivity contribution in [2.24, 2.45) is 34.6 Å². The number of carboxylic acid groups (broad SMARTS) is 2. The predicted octanol–water partition coefficient (Wildman–Crippen LogP) is -9.15. The Balaban J connectivity index is 2.40. The van der Waals surface area contributed by atoms with Crippen LogP contribution in [-0.4, -0.2) is 248 Å². The first-order chi connectivity index (χ1) is 50.8. The van der Waals surface area contributed by atoms with E-state index in [0.717, 1.165) is 27.7 Å². The van der Waals surface area contributed by atoms with Crippen LogP contribution in [0.25, 0.3) is 0 Å². The van der Waals surface area contributed by atoms with Crippen LogP contribution >= 0.6 is 0 Å². The average molecular weight is 1530 g/mol. The van der Waals surface area contributed by atoms with Crippen LogP contribution in [0.3, 0.4) is 0 Å². The minimum Gasteiger partial charge on any atom is -0.508 e. The van der Waals surface area contributed by atoms with E-state index in [4.69, 9.17) is 28.7 Å². The molecular formula is C67H104N18O23. The summed E-state index contributed by atoms with van der Waals surface area (Å²) in [6.45, 7) is 6.39. The maximum atomic E-state index is 14.3. The number of hydrogen-bond donors (Lipinski definition) is 24. The number of rotatable bonds is 50. The number of primary amides is 2. The van der Waals surface area contributed by atoms with Gasteiger partial charge < -0.3 is 128 Å². The Morgan fingerprint density at radius 3 is 1.20 bits per heavy atom. The zero-order chi connectivity index (χ0) is 81.7. The number of aliphatic carboxylic acids is 2. The van der Waals surface area contributed by atoms with Gasteiger partial charge in [-0.1, -0.05) is 62.7 Å². The number of benzene rings is 2. The van der Waals surface area contributed by atoms with Crippen molar-refractivity contribution in [1.82, 2.24) is 69.1 Å². The van der Waals surface area contributed by atoms with Gasteiger partial charge in [0.2, 0.25) is 88.6 Å². The van der Waals surface area contributed by atoms with Crippen LogP contribution in [0.15, 0.2) is 54.6 Å². The average Bonchev–Trinajstić information content (AvgIpc) is 0.852. The van der Waals surface area contributed by atoms with Crippen LogP contribution in [0.5, 0.6) is 5.75 Å².